The van der Waals surface area contributed by atoms with Gasteiger partial charge in [0.05, 0.1) is 16.8 Å². The quantitative estimate of drug-likeness (QED) is 0.153. The number of benzene rings is 3. The zero-order chi connectivity index (χ0) is 35.4. The molecule has 2 saturated heterocycles. The van der Waals surface area contributed by atoms with Gasteiger partial charge in [-0.15, -0.1) is 0 Å². The number of para-hydroxylation sites is 1. The van der Waals surface area contributed by atoms with Gasteiger partial charge in [0.25, 0.3) is 0 Å². The molecule has 51 heavy (non-hydrogen) atoms. The average molecular weight is 689 g/mol. The highest BCUT2D eigenvalue weighted by atomic mass is 16.6. The summed E-state index contributed by atoms with van der Waals surface area (Å²) in [6, 6.07) is 30.6. The highest BCUT2D eigenvalue weighted by molar-refractivity contribution is 6.01. The van der Waals surface area contributed by atoms with Crippen LogP contribution in [0.3, 0.4) is 0 Å². The molecule has 2 aromatic heterocycles. The number of anilines is 1. The van der Waals surface area contributed by atoms with Gasteiger partial charge in [-0.05, 0) is 56.4 Å². The van der Waals surface area contributed by atoms with Crippen molar-refractivity contribution in [2.75, 3.05) is 50.7 Å². The molecule has 10 nitrogen and oxygen atoms in total. The minimum atomic E-state index is -0.476. The van der Waals surface area contributed by atoms with Crippen LogP contribution in [0, 0.1) is 5.92 Å². The molecule has 2 aliphatic heterocycles. The normalized spacial score (nSPS) is 16.8. The lowest BCUT2D eigenvalue weighted by molar-refractivity contribution is 0.0135. The summed E-state index contributed by atoms with van der Waals surface area (Å²) >= 11 is 0. The van der Waals surface area contributed by atoms with Crippen LogP contribution in [-0.2, 0) is 25.0 Å². The van der Waals surface area contributed by atoms with Gasteiger partial charge in [0.1, 0.15) is 24.5 Å². The van der Waals surface area contributed by atoms with E-state index in [0.29, 0.717) is 44.0 Å². The molecule has 3 aromatic carbocycles. The van der Waals surface area contributed by atoms with Gasteiger partial charge in [-0.2, -0.15) is 10.1 Å². The first-order valence-corrected chi connectivity index (χ1v) is 18.0. The summed E-state index contributed by atoms with van der Waals surface area (Å²) in [5.41, 5.74) is 5.59. The van der Waals surface area contributed by atoms with E-state index in [0.717, 1.165) is 72.4 Å². The summed E-state index contributed by atoms with van der Waals surface area (Å²) in [5, 5.41) is 6.12. The van der Waals surface area contributed by atoms with Crippen LogP contribution in [0.4, 0.5) is 10.5 Å². The van der Waals surface area contributed by atoms with Crippen LogP contribution < -0.4 is 14.4 Å². The van der Waals surface area contributed by atoms with Crippen molar-refractivity contribution in [1.29, 1.82) is 0 Å². The smallest absolute Gasteiger partial charge is 0.410 e. The van der Waals surface area contributed by atoms with E-state index in [4.69, 9.17) is 24.3 Å². The van der Waals surface area contributed by atoms with Gasteiger partial charge in [0, 0.05) is 64.3 Å². The van der Waals surface area contributed by atoms with E-state index in [2.05, 4.69) is 28.0 Å². The number of rotatable bonds is 10. The predicted octanol–water partition coefficient (Wildman–Crippen LogP) is 7.17. The number of hydrogen-bond donors (Lipinski definition) is 0. The Kier molecular flexibility index (Phi) is 10.1. The van der Waals surface area contributed by atoms with E-state index in [9.17, 15) is 4.79 Å². The highest BCUT2D eigenvalue weighted by Gasteiger charge is 2.30. The van der Waals surface area contributed by atoms with Gasteiger partial charge in [0.15, 0.2) is 0 Å². The van der Waals surface area contributed by atoms with Crippen molar-refractivity contribution in [2.45, 2.75) is 46.0 Å². The van der Waals surface area contributed by atoms with Crippen LogP contribution >= 0.6 is 0 Å². The van der Waals surface area contributed by atoms with Crippen molar-refractivity contribution in [2.24, 2.45) is 13.0 Å². The van der Waals surface area contributed by atoms with Crippen molar-refractivity contribution < 1.29 is 19.0 Å². The molecule has 0 radical (unpaired) electrons. The Labute approximate surface area is 300 Å². The SMILES string of the molecule is Cn1nc(-c2ccc(OCc3ccccc3)nc2OCc2ccccc2)c2cccc(N3CC[C@H](CN4CCN(C(=O)OC(C)(C)C)CC4)C3)c21. The number of hydrogen-bond acceptors (Lipinski definition) is 8. The van der Waals surface area contributed by atoms with Gasteiger partial charge >= 0.3 is 6.09 Å². The third kappa shape index (κ3) is 8.28. The summed E-state index contributed by atoms with van der Waals surface area (Å²) in [6.07, 6.45) is 0.912. The number of ether oxygens (including phenoxy) is 3. The fraction of sp³-hybridized carbons (Fsp3) is 0.390. The predicted molar refractivity (Wildman–Crippen MR) is 200 cm³/mol. The Hall–Kier alpha value is -5.09. The highest BCUT2D eigenvalue weighted by Crippen LogP contribution is 2.39. The molecule has 10 heteroatoms. The number of aryl methyl sites for hydroxylation is 1. The molecule has 266 valence electrons. The lowest BCUT2D eigenvalue weighted by Gasteiger charge is -2.36. The van der Waals surface area contributed by atoms with Gasteiger partial charge < -0.3 is 24.0 Å². The van der Waals surface area contributed by atoms with Crippen LogP contribution in [-0.4, -0.2) is 82.1 Å². The molecule has 1 amide bonds. The van der Waals surface area contributed by atoms with Crippen LogP contribution in [0.15, 0.2) is 91.0 Å². The third-order valence-electron chi connectivity index (χ3n) is 9.55. The van der Waals surface area contributed by atoms with Crippen molar-refractivity contribution >= 4 is 22.7 Å². The summed E-state index contributed by atoms with van der Waals surface area (Å²) < 4.78 is 20.1. The van der Waals surface area contributed by atoms with Crippen LogP contribution in [0.25, 0.3) is 22.2 Å². The van der Waals surface area contributed by atoms with Gasteiger partial charge in [-0.3, -0.25) is 9.58 Å². The summed E-state index contributed by atoms with van der Waals surface area (Å²) in [7, 11) is 2.02. The Morgan fingerprint density at radius 1 is 0.804 bits per heavy atom. The van der Waals surface area contributed by atoms with Crippen LogP contribution in [0.1, 0.15) is 38.3 Å². The third-order valence-corrected chi connectivity index (χ3v) is 9.55. The fourth-order valence-corrected chi connectivity index (χ4v) is 7.03. The number of nitrogens with zero attached hydrogens (tertiary/aromatic N) is 6. The van der Waals surface area contributed by atoms with Crippen molar-refractivity contribution in [1.82, 2.24) is 24.6 Å². The van der Waals surface area contributed by atoms with Crippen LogP contribution in [0.2, 0.25) is 0 Å². The van der Waals surface area contributed by atoms with E-state index in [-0.39, 0.29) is 6.09 Å². The summed E-state index contributed by atoms with van der Waals surface area (Å²) in [5.74, 6) is 1.54. The lowest BCUT2D eigenvalue weighted by Crippen LogP contribution is -2.51. The van der Waals surface area contributed by atoms with E-state index in [1.165, 1.54) is 5.69 Å². The molecule has 0 unspecified atom stereocenters. The first-order chi connectivity index (χ1) is 24.7. The first kappa shape index (κ1) is 34.4. The zero-order valence-electron chi connectivity index (χ0n) is 30.1. The number of piperazine rings is 1. The monoisotopic (exact) mass is 688 g/mol. The summed E-state index contributed by atoms with van der Waals surface area (Å²) in [4.78, 5) is 24.2. The van der Waals surface area contributed by atoms with Gasteiger partial charge in [-0.1, -0.05) is 72.8 Å². The van der Waals surface area contributed by atoms with Crippen molar-refractivity contribution in [3.63, 3.8) is 0 Å². The molecular formula is C41H48N6O4. The largest absolute Gasteiger partial charge is 0.473 e. The second-order valence-corrected chi connectivity index (χ2v) is 14.6. The number of fused-ring (bicyclic) bond motifs is 1. The van der Waals surface area contributed by atoms with E-state index < -0.39 is 5.60 Å². The Morgan fingerprint density at radius 3 is 2.18 bits per heavy atom. The molecule has 5 aromatic rings. The van der Waals surface area contributed by atoms with Crippen molar-refractivity contribution in [3.05, 3.63) is 102 Å². The van der Waals surface area contributed by atoms with E-state index in [1.807, 2.05) is 110 Å². The standard InChI is InChI=1S/C41H48N6O4/c1-41(2,3)51-40(48)46-24-22-45(23-25-46)26-32-20-21-47(27-32)35-17-11-16-33-37(43-44(4)38(33)35)34-18-19-36(49-28-30-12-7-5-8-13-30)42-39(34)50-29-31-14-9-6-10-15-31/h5-19,32H,20-29H2,1-4H3/t32-/m1/s1. The second kappa shape index (κ2) is 15.0. The molecule has 0 spiro atoms. The average Bonchev–Trinajstić information content (AvgIpc) is 3.74. The summed E-state index contributed by atoms with van der Waals surface area (Å²) in [6.45, 7) is 12.7. The molecule has 0 bridgehead atoms. The molecule has 2 aliphatic rings. The molecule has 7 rings (SSSR count). The van der Waals surface area contributed by atoms with Gasteiger partial charge in [-0.25, -0.2) is 4.79 Å². The number of amides is 1. The minimum Gasteiger partial charge on any atom is -0.473 e. The maximum Gasteiger partial charge on any atom is 0.410 e. The number of pyridine rings is 1. The molecule has 0 aliphatic carbocycles. The molecule has 0 saturated carbocycles. The van der Waals surface area contributed by atoms with Crippen LogP contribution in [0.5, 0.6) is 11.8 Å². The number of carbonyl (C=O) groups is 1. The maximum atomic E-state index is 12.5. The topological polar surface area (TPSA) is 85.2 Å². The van der Waals surface area contributed by atoms with E-state index >= 15 is 0 Å². The Balaban J connectivity index is 1.07. The molecule has 2 fully saturated rings. The molecule has 1 atom stereocenters. The minimum absolute atomic E-state index is 0.212. The zero-order valence-corrected chi connectivity index (χ0v) is 30.1. The maximum absolute atomic E-state index is 12.5. The number of carbonyl (C=O) groups excluding carboxylic acids is 1. The van der Waals surface area contributed by atoms with Gasteiger partial charge in [0.2, 0.25) is 11.8 Å². The second-order valence-electron chi connectivity index (χ2n) is 14.6. The van der Waals surface area contributed by atoms with Crippen molar-refractivity contribution in [3.8, 4) is 23.0 Å². The van der Waals surface area contributed by atoms with E-state index in [1.54, 1.807) is 0 Å². The lowest BCUT2D eigenvalue weighted by atomic mass is 10.1. The Morgan fingerprint density at radius 2 is 1.49 bits per heavy atom. The molecule has 4 heterocycles. The Bertz CT molecular complexity index is 1930. The number of aromatic nitrogens is 3. The molecular weight excluding hydrogens is 640 g/mol. The fourth-order valence-electron chi connectivity index (χ4n) is 7.03. The molecule has 0 N–H and O–H groups in total. The first-order valence-electron chi connectivity index (χ1n) is 18.0.